The number of nitrogen functional groups attached to an aromatic ring is 1. The van der Waals surface area contributed by atoms with Gasteiger partial charge in [-0.3, -0.25) is 4.72 Å². The van der Waals surface area contributed by atoms with Crippen molar-refractivity contribution in [1.29, 1.82) is 0 Å². The van der Waals surface area contributed by atoms with Crippen LogP contribution >= 0.6 is 11.6 Å². The Morgan fingerprint density at radius 2 is 1.72 bits per heavy atom. The Balaban J connectivity index is 2.34. The summed E-state index contributed by atoms with van der Waals surface area (Å²) in [6.45, 7) is 0. The first-order chi connectivity index (χ1) is 8.49. The minimum absolute atomic E-state index is 0.0746. The van der Waals surface area contributed by atoms with Gasteiger partial charge in [-0.05, 0) is 30.3 Å². The van der Waals surface area contributed by atoms with Crippen LogP contribution in [0.1, 0.15) is 0 Å². The molecule has 4 nitrogen and oxygen atoms in total. The molecule has 0 aromatic heterocycles. The molecule has 0 radical (unpaired) electrons. The average Bonchev–Trinajstić information content (AvgIpc) is 2.33. The molecule has 0 unspecified atom stereocenters. The van der Waals surface area contributed by atoms with E-state index in [0.29, 0.717) is 11.4 Å². The van der Waals surface area contributed by atoms with Crippen LogP contribution in [0.2, 0.25) is 5.02 Å². The van der Waals surface area contributed by atoms with Crippen LogP contribution in [-0.2, 0) is 10.0 Å². The number of hydrogen-bond donors (Lipinski definition) is 2. The highest BCUT2D eigenvalue weighted by molar-refractivity contribution is 7.92. The van der Waals surface area contributed by atoms with Gasteiger partial charge in [-0.15, -0.1) is 0 Å². The lowest BCUT2D eigenvalue weighted by molar-refractivity contribution is 0.601. The molecule has 94 valence electrons. The van der Waals surface area contributed by atoms with E-state index in [1.807, 2.05) is 0 Å². The maximum Gasteiger partial charge on any atom is 0.261 e. The molecule has 0 heterocycles. The molecule has 2 rings (SSSR count). The van der Waals surface area contributed by atoms with Crippen molar-refractivity contribution < 1.29 is 8.42 Å². The zero-order valence-electron chi connectivity index (χ0n) is 9.30. The molecule has 0 fully saturated rings. The van der Waals surface area contributed by atoms with Crippen molar-refractivity contribution in [3.8, 4) is 0 Å². The van der Waals surface area contributed by atoms with E-state index >= 15 is 0 Å². The highest BCUT2D eigenvalue weighted by Crippen LogP contribution is 2.23. The van der Waals surface area contributed by atoms with E-state index in [-0.39, 0.29) is 9.92 Å². The van der Waals surface area contributed by atoms with E-state index in [1.54, 1.807) is 30.3 Å². The van der Waals surface area contributed by atoms with Gasteiger partial charge in [0.1, 0.15) is 0 Å². The topological polar surface area (TPSA) is 72.2 Å². The number of benzene rings is 2. The van der Waals surface area contributed by atoms with Crippen molar-refractivity contribution in [3.05, 3.63) is 53.6 Å². The van der Waals surface area contributed by atoms with Crippen LogP contribution in [0, 0.1) is 0 Å². The summed E-state index contributed by atoms with van der Waals surface area (Å²) in [5, 5.41) is 0.214. The van der Waals surface area contributed by atoms with Crippen LogP contribution in [0.15, 0.2) is 53.4 Å². The van der Waals surface area contributed by atoms with Crippen molar-refractivity contribution in [2.75, 3.05) is 10.5 Å². The Bertz CT molecular complexity index is 657. The van der Waals surface area contributed by atoms with Crippen LogP contribution < -0.4 is 10.5 Å². The molecular formula is C12H11ClN2O2S. The zero-order chi connectivity index (χ0) is 13.2. The fourth-order valence-electron chi connectivity index (χ4n) is 1.40. The molecule has 18 heavy (non-hydrogen) atoms. The van der Waals surface area contributed by atoms with Crippen molar-refractivity contribution in [2.45, 2.75) is 4.90 Å². The van der Waals surface area contributed by atoms with E-state index in [9.17, 15) is 8.42 Å². The minimum Gasteiger partial charge on any atom is -0.398 e. The summed E-state index contributed by atoms with van der Waals surface area (Å²) in [6, 6.07) is 12.8. The van der Waals surface area contributed by atoms with Gasteiger partial charge in [0.05, 0.1) is 15.6 Å². The van der Waals surface area contributed by atoms with Gasteiger partial charge in [0.2, 0.25) is 0 Å². The maximum atomic E-state index is 12.1. The van der Waals surface area contributed by atoms with Gasteiger partial charge in [-0.25, -0.2) is 8.42 Å². The summed E-state index contributed by atoms with van der Waals surface area (Å²) in [5.74, 6) is 0. The number of sulfonamides is 1. The van der Waals surface area contributed by atoms with E-state index in [4.69, 9.17) is 17.3 Å². The lowest BCUT2D eigenvalue weighted by Crippen LogP contribution is -2.12. The van der Waals surface area contributed by atoms with Crippen molar-refractivity contribution in [1.82, 2.24) is 0 Å². The molecule has 6 heteroatoms. The normalized spacial score (nSPS) is 11.2. The lowest BCUT2D eigenvalue weighted by Gasteiger charge is -2.08. The number of rotatable bonds is 3. The fourth-order valence-corrected chi connectivity index (χ4v) is 2.72. The summed E-state index contributed by atoms with van der Waals surface area (Å²) < 4.78 is 26.6. The first-order valence-electron chi connectivity index (χ1n) is 5.12. The summed E-state index contributed by atoms with van der Waals surface area (Å²) in [5.41, 5.74) is 6.37. The lowest BCUT2D eigenvalue weighted by atomic mass is 10.3. The molecule has 0 aliphatic rings. The van der Waals surface area contributed by atoms with E-state index < -0.39 is 10.0 Å². The monoisotopic (exact) mass is 282 g/mol. The smallest absolute Gasteiger partial charge is 0.261 e. The average molecular weight is 283 g/mol. The van der Waals surface area contributed by atoms with Gasteiger partial charge in [-0.2, -0.15) is 0 Å². The van der Waals surface area contributed by atoms with E-state index in [0.717, 1.165) is 0 Å². The molecule has 0 bridgehead atoms. The Morgan fingerprint density at radius 3 is 2.33 bits per heavy atom. The Hall–Kier alpha value is -1.72. The predicted molar refractivity (Wildman–Crippen MR) is 73.1 cm³/mol. The van der Waals surface area contributed by atoms with Crippen LogP contribution in [0.4, 0.5) is 11.4 Å². The third kappa shape index (κ3) is 2.75. The number of anilines is 2. The van der Waals surface area contributed by atoms with Crippen LogP contribution in [0.25, 0.3) is 0 Å². The maximum absolute atomic E-state index is 12.1. The Kier molecular flexibility index (Phi) is 3.45. The first kappa shape index (κ1) is 12.7. The highest BCUT2D eigenvalue weighted by Gasteiger charge is 2.15. The molecule has 0 saturated carbocycles. The molecular weight excluding hydrogens is 272 g/mol. The number of para-hydroxylation sites is 1. The van der Waals surface area contributed by atoms with Gasteiger partial charge in [0.15, 0.2) is 0 Å². The third-order valence-corrected chi connectivity index (χ3v) is 4.01. The largest absolute Gasteiger partial charge is 0.398 e. The molecule has 0 saturated heterocycles. The van der Waals surface area contributed by atoms with Gasteiger partial charge >= 0.3 is 0 Å². The molecule has 3 N–H and O–H groups in total. The predicted octanol–water partition coefficient (Wildman–Crippen LogP) is 2.72. The van der Waals surface area contributed by atoms with Gasteiger partial charge in [0, 0.05) is 5.69 Å². The standard InChI is InChI=1S/C12H11ClN2O2S/c13-11-8-10(6-7-12(11)14)18(16,17)15-9-4-2-1-3-5-9/h1-8,15H,14H2. The Morgan fingerprint density at radius 1 is 1.06 bits per heavy atom. The second-order valence-electron chi connectivity index (χ2n) is 3.65. The molecule has 0 amide bonds. The van der Waals surface area contributed by atoms with Crippen LogP contribution in [0.3, 0.4) is 0 Å². The van der Waals surface area contributed by atoms with Crippen LogP contribution in [-0.4, -0.2) is 8.42 Å². The molecule has 0 spiro atoms. The molecule has 0 aliphatic carbocycles. The third-order valence-electron chi connectivity index (χ3n) is 2.31. The Labute approximate surface area is 110 Å². The summed E-state index contributed by atoms with van der Waals surface area (Å²) in [7, 11) is -3.64. The second kappa shape index (κ2) is 4.88. The van der Waals surface area contributed by atoms with Crippen LogP contribution in [0.5, 0.6) is 0 Å². The van der Waals surface area contributed by atoms with Crippen molar-refractivity contribution in [3.63, 3.8) is 0 Å². The number of nitrogens with one attached hydrogen (secondary N) is 1. The summed E-state index contributed by atoms with van der Waals surface area (Å²) in [4.78, 5) is 0.0746. The quantitative estimate of drug-likeness (QED) is 0.850. The number of halogens is 1. The first-order valence-corrected chi connectivity index (χ1v) is 6.98. The minimum atomic E-state index is -3.64. The molecule has 2 aromatic carbocycles. The number of hydrogen-bond acceptors (Lipinski definition) is 3. The van der Waals surface area contributed by atoms with Gasteiger partial charge < -0.3 is 5.73 Å². The molecule has 0 aliphatic heterocycles. The summed E-state index contributed by atoms with van der Waals surface area (Å²) >= 11 is 5.81. The zero-order valence-corrected chi connectivity index (χ0v) is 10.9. The van der Waals surface area contributed by atoms with Crippen molar-refractivity contribution in [2.24, 2.45) is 0 Å². The number of nitrogens with two attached hydrogens (primary N) is 1. The fraction of sp³-hybridized carbons (Fsp3) is 0. The summed E-state index contributed by atoms with van der Waals surface area (Å²) in [6.07, 6.45) is 0. The van der Waals surface area contributed by atoms with Crippen molar-refractivity contribution >= 4 is 33.0 Å². The highest BCUT2D eigenvalue weighted by atomic mass is 35.5. The van der Waals surface area contributed by atoms with E-state index in [1.165, 1.54) is 18.2 Å². The molecule has 0 atom stereocenters. The molecule has 2 aromatic rings. The van der Waals surface area contributed by atoms with Gasteiger partial charge in [-0.1, -0.05) is 29.8 Å². The second-order valence-corrected chi connectivity index (χ2v) is 5.74. The van der Waals surface area contributed by atoms with Gasteiger partial charge in [0.25, 0.3) is 10.0 Å². The SMILES string of the molecule is Nc1ccc(S(=O)(=O)Nc2ccccc2)cc1Cl. The van der Waals surface area contributed by atoms with E-state index in [2.05, 4.69) is 4.72 Å².